The molecule has 0 radical (unpaired) electrons. The molecule has 0 amide bonds. The van der Waals surface area contributed by atoms with Gasteiger partial charge in [-0.15, -0.1) is 0 Å². The lowest BCUT2D eigenvalue weighted by Crippen LogP contribution is -2.41. The third kappa shape index (κ3) is 3.81. The molecule has 1 N–H and O–H groups in total. The molecule has 8 heteroatoms. The van der Waals surface area contributed by atoms with E-state index >= 15 is 0 Å². The van der Waals surface area contributed by atoms with E-state index in [9.17, 15) is 18.0 Å². The van der Waals surface area contributed by atoms with Crippen molar-refractivity contribution in [3.63, 3.8) is 0 Å². The highest BCUT2D eigenvalue weighted by molar-refractivity contribution is 6.51. The van der Waals surface area contributed by atoms with Gasteiger partial charge in [-0.05, 0) is 30.0 Å². The average molecular weight is 409 g/mol. The first kappa shape index (κ1) is 19.4. The van der Waals surface area contributed by atoms with Crippen LogP contribution in [-0.4, -0.2) is 23.4 Å². The van der Waals surface area contributed by atoms with Gasteiger partial charge in [-0.25, -0.2) is 4.79 Å². The minimum Gasteiger partial charge on any atom is -0.478 e. The lowest BCUT2D eigenvalue weighted by Gasteiger charge is -2.29. The predicted molar refractivity (Wildman–Crippen MR) is 92.6 cm³/mol. The highest BCUT2D eigenvalue weighted by Gasteiger charge is 2.50. The van der Waals surface area contributed by atoms with E-state index in [0.717, 1.165) is 25.7 Å². The molecule has 2 aliphatic rings. The van der Waals surface area contributed by atoms with E-state index in [4.69, 9.17) is 33.0 Å². The molecule has 1 aliphatic heterocycles. The summed E-state index contributed by atoms with van der Waals surface area (Å²) in [4.78, 5) is 11.3. The summed E-state index contributed by atoms with van der Waals surface area (Å²) in [6.45, 7) is 0. The molecular weight excluding hydrogens is 392 g/mol. The monoisotopic (exact) mass is 408 g/mol. The summed E-state index contributed by atoms with van der Waals surface area (Å²) < 4.78 is 44.8. The molecule has 1 unspecified atom stereocenters. The number of hydrogen-bond donors (Lipinski definition) is 1. The zero-order valence-corrected chi connectivity index (χ0v) is 15.2. The van der Waals surface area contributed by atoms with Crippen LogP contribution < -0.4 is 4.74 Å². The zero-order valence-electron chi connectivity index (χ0n) is 13.7. The molecule has 0 spiro atoms. The molecular formula is C18H17Cl2F3O3. The van der Waals surface area contributed by atoms with Crippen LogP contribution in [-0.2, 0) is 11.2 Å². The normalized spacial score (nSPS) is 21.3. The Kier molecular flexibility index (Phi) is 5.45. The number of rotatable bonds is 3. The van der Waals surface area contributed by atoms with Crippen LogP contribution in [0.3, 0.4) is 0 Å². The summed E-state index contributed by atoms with van der Waals surface area (Å²) in [5.41, 5.74) is -0.258. The standard InChI is InChI=1S/C18H17Cl2F3O3/c19-12-8-11-13(7-10(12)6-9-4-2-1-3-5-9)26-16(18(21,22)23)14(15(11)20)17(24)25/h7-9,16H,1-6H2,(H,24,25). The molecule has 1 saturated carbocycles. The van der Waals surface area contributed by atoms with Crippen molar-refractivity contribution in [2.75, 3.05) is 0 Å². The second-order valence-electron chi connectivity index (χ2n) is 6.72. The highest BCUT2D eigenvalue weighted by atomic mass is 35.5. The van der Waals surface area contributed by atoms with E-state index in [2.05, 4.69) is 0 Å². The minimum atomic E-state index is -4.89. The van der Waals surface area contributed by atoms with Crippen LogP contribution in [0.5, 0.6) is 5.75 Å². The van der Waals surface area contributed by atoms with E-state index < -0.39 is 28.9 Å². The molecule has 0 saturated heterocycles. The van der Waals surface area contributed by atoms with Crippen LogP contribution in [0.2, 0.25) is 5.02 Å². The summed E-state index contributed by atoms with van der Waals surface area (Å²) in [5, 5.41) is 9.01. The Balaban J connectivity index is 2.00. The second kappa shape index (κ2) is 7.31. The number of carboxylic acid groups (broad SMARTS) is 1. The Morgan fingerprint density at radius 2 is 1.85 bits per heavy atom. The van der Waals surface area contributed by atoms with Gasteiger partial charge in [0, 0.05) is 10.6 Å². The van der Waals surface area contributed by atoms with Gasteiger partial charge in [0.05, 0.1) is 5.03 Å². The minimum absolute atomic E-state index is 0.0713. The summed E-state index contributed by atoms with van der Waals surface area (Å²) in [6, 6.07) is 2.86. The number of carboxylic acids is 1. The topological polar surface area (TPSA) is 46.5 Å². The number of hydrogen-bond acceptors (Lipinski definition) is 2. The maximum absolute atomic E-state index is 13.3. The summed E-state index contributed by atoms with van der Waals surface area (Å²) in [5.74, 6) is -1.43. The van der Waals surface area contributed by atoms with E-state index in [1.165, 1.54) is 18.6 Å². The van der Waals surface area contributed by atoms with Crippen molar-refractivity contribution in [1.82, 2.24) is 0 Å². The first-order valence-electron chi connectivity index (χ1n) is 8.37. The van der Waals surface area contributed by atoms with Crippen LogP contribution in [0.15, 0.2) is 17.7 Å². The zero-order chi connectivity index (χ0) is 19.1. The largest absolute Gasteiger partial charge is 0.478 e. The Labute approximate surface area is 158 Å². The van der Waals surface area contributed by atoms with E-state index in [0.29, 0.717) is 22.9 Å². The molecule has 3 nitrogen and oxygen atoms in total. The Bertz CT molecular complexity index is 753. The molecule has 1 aliphatic carbocycles. The van der Waals surface area contributed by atoms with Crippen LogP contribution in [0.4, 0.5) is 13.2 Å². The fourth-order valence-corrected chi connectivity index (χ4v) is 4.17. The number of alkyl halides is 3. The number of halogens is 5. The molecule has 1 atom stereocenters. The fourth-order valence-electron chi connectivity index (χ4n) is 3.61. The Morgan fingerprint density at radius 1 is 1.19 bits per heavy atom. The van der Waals surface area contributed by atoms with Gasteiger partial charge in [-0.2, -0.15) is 13.2 Å². The third-order valence-electron chi connectivity index (χ3n) is 4.89. The molecule has 1 aromatic rings. The Morgan fingerprint density at radius 3 is 2.42 bits per heavy atom. The number of aliphatic carboxylic acids is 1. The van der Waals surface area contributed by atoms with Crippen molar-refractivity contribution in [1.29, 1.82) is 0 Å². The van der Waals surface area contributed by atoms with Crippen molar-refractivity contribution in [2.45, 2.75) is 50.8 Å². The van der Waals surface area contributed by atoms with Crippen molar-refractivity contribution < 1.29 is 27.8 Å². The molecule has 0 aromatic heterocycles. The molecule has 1 fully saturated rings. The first-order chi connectivity index (χ1) is 12.2. The van der Waals surface area contributed by atoms with E-state index in [1.54, 1.807) is 0 Å². The van der Waals surface area contributed by atoms with Crippen LogP contribution in [0.25, 0.3) is 5.03 Å². The first-order valence-corrected chi connectivity index (χ1v) is 9.13. The maximum Gasteiger partial charge on any atom is 0.430 e. The molecule has 1 heterocycles. The Hall–Kier alpha value is -1.40. The van der Waals surface area contributed by atoms with Crippen molar-refractivity contribution in [3.05, 3.63) is 33.9 Å². The van der Waals surface area contributed by atoms with Gasteiger partial charge in [0.25, 0.3) is 0 Å². The molecule has 0 bridgehead atoms. The SMILES string of the molecule is O=C(O)C1=C(Cl)c2cc(Cl)c(CC3CCCCC3)cc2OC1C(F)(F)F. The van der Waals surface area contributed by atoms with Crippen molar-refractivity contribution >= 4 is 34.2 Å². The molecule has 26 heavy (non-hydrogen) atoms. The number of fused-ring (bicyclic) bond motifs is 1. The number of carbonyl (C=O) groups is 1. The number of benzene rings is 1. The second-order valence-corrected chi connectivity index (χ2v) is 7.51. The lowest BCUT2D eigenvalue weighted by atomic mass is 9.84. The third-order valence-corrected chi connectivity index (χ3v) is 5.65. The van der Waals surface area contributed by atoms with Gasteiger partial charge >= 0.3 is 12.1 Å². The quantitative estimate of drug-likeness (QED) is 0.684. The summed E-state index contributed by atoms with van der Waals surface area (Å²) in [7, 11) is 0. The van der Waals surface area contributed by atoms with E-state index in [1.807, 2.05) is 0 Å². The van der Waals surface area contributed by atoms with Gasteiger partial charge in [0.15, 0.2) is 0 Å². The van der Waals surface area contributed by atoms with Crippen LogP contribution in [0.1, 0.15) is 43.2 Å². The highest BCUT2D eigenvalue weighted by Crippen LogP contribution is 2.45. The number of ether oxygens (including phenoxy) is 1. The summed E-state index contributed by atoms with van der Waals surface area (Å²) >= 11 is 12.3. The van der Waals surface area contributed by atoms with Gasteiger partial charge in [-0.3, -0.25) is 0 Å². The predicted octanol–water partition coefficient (Wildman–Crippen LogP) is 5.82. The van der Waals surface area contributed by atoms with Crippen LogP contribution >= 0.6 is 23.2 Å². The lowest BCUT2D eigenvalue weighted by molar-refractivity contribution is -0.187. The van der Waals surface area contributed by atoms with Crippen LogP contribution in [0, 0.1) is 5.92 Å². The van der Waals surface area contributed by atoms with Crippen molar-refractivity contribution in [2.24, 2.45) is 5.92 Å². The van der Waals surface area contributed by atoms with Gasteiger partial charge in [-0.1, -0.05) is 55.3 Å². The van der Waals surface area contributed by atoms with Crippen molar-refractivity contribution in [3.8, 4) is 5.75 Å². The molecule has 142 valence electrons. The van der Waals surface area contributed by atoms with Gasteiger partial charge in [0.1, 0.15) is 11.3 Å². The average Bonchev–Trinajstić information content (AvgIpc) is 2.56. The van der Waals surface area contributed by atoms with Gasteiger partial charge < -0.3 is 9.84 Å². The molecule has 1 aromatic carbocycles. The van der Waals surface area contributed by atoms with Gasteiger partial charge in [0.2, 0.25) is 6.10 Å². The smallest absolute Gasteiger partial charge is 0.430 e. The van der Waals surface area contributed by atoms with E-state index in [-0.39, 0.29) is 11.3 Å². The summed E-state index contributed by atoms with van der Waals surface area (Å²) in [6.07, 6.45) is -1.26. The molecule has 3 rings (SSSR count). The fraction of sp³-hybridized carbons (Fsp3) is 0.500. The maximum atomic E-state index is 13.3.